The predicted molar refractivity (Wildman–Crippen MR) is 161 cm³/mol. The standard InChI is InChI=1S/C33H40N4O4/c1-40-30-18-14-28(15-19-30)33(27-12-6-5-7-13-27,29-16-20-31(41-2)21-17-29)35-36-37-23-10-11-26(25-37)32(39)34-22-8-3-4-9-24-38/h5-7,10-21,23,35-36,38H,3-4,8-9,22,24-25H2,1-2H3,(H,34,39). The van der Waals surface area contributed by atoms with Crippen LogP contribution >= 0.6 is 0 Å². The first-order chi connectivity index (χ1) is 20.1. The van der Waals surface area contributed by atoms with Crippen LogP contribution < -0.4 is 25.8 Å². The molecule has 0 aromatic heterocycles. The number of carbonyl (C=O) groups excluding carboxylic acids is 1. The van der Waals surface area contributed by atoms with Crippen molar-refractivity contribution >= 4 is 5.91 Å². The molecule has 1 aliphatic rings. The normalized spacial score (nSPS) is 13.0. The summed E-state index contributed by atoms with van der Waals surface area (Å²) in [5.41, 5.74) is 9.89. The Balaban J connectivity index is 1.57. The van der Waals surface area contributed by atoms with Gasteiger partial charge in [-0.1, -0.05) is 73.5 Å². The van der Waals surface area contributed by atoms with Crippen LogP contribution in [0.2, 0.25) is 0 Å². The van der Waals surface area contributed by atoms with Gasteiger partial charge in [0, 0.05) is 24.9 Å². The number of ether oxygens (including phenoxy) is 2. The van der Waals surface area contributed by atoms with E-state index in [1.807, 2.05) is 65.8 Å². The summed E-state index contributed by atoms with van der Waals surface area (Å²) in [6.07, 6.45) is 9.24. The average molecular weight is 557 g/mol. The molecule has 0 atom stereocenters. The Kier molecular flexibility index (Phi) is 11.0. The number of aliphatic hydroxyl groups excluding tert-OH is 1. The molecule has 8 heteroatoms. The van der Waals surface area contributed by atoms with E-state index < -0.39 is 5.54 Å². The first kappa shape index (κ1) is 29.9. The summed E-state index contributed by atoms with van der Waals surface area (Å²) in [6, 6.07) is 26.2. The number of nitrogens with zero attached hydrogens (tertiary/aromatic N) is 1. The van der Waals surface area contributed by atoms with E-state index in [1.54, 1.807) is 14.2 Å². The molecule has 1 amide bonds. The van der Waals surface area contributed by atoms with Gasteiger partial charge in [-0.05, 0) is 59.9 Å². The van der Waals surface area contributed by atoms with Crippen LogP contribution in [0, 0.1) is 0 Å². The molecule has 41 heavy (non-hydrogen) atoms. The van der Waals surface area contributed by atoms with Gasteiger partial charge >= 0.3 is 0 Å². The molecule has 3 aromatic carbocycles. The van der Waals surface area contributed by atoms with Crippen molar-refractivity contribution in [1.82, 2.24) is 21.3 Å². The molecule has 0 radical (unpaired) electrons. The number of methoxy groups -OCH3 is 2. The van der Waals surface area contributed by atoms with Crippen LogP contribution in [0.5, 0.6) is 11.5 Å². The minimum absolute atomic E-state index is 0.0806. The van der Waals surface area contributed by atoms with Crippen molar-refractivity contribution in [2.75, 3.05) is 33.9 Å². The monoisotopic (exact) mass is 556 g/mol. The van der Waals surface area contributed by atoms with E-state index in [0.717, 1.165) is 53.9 Å². The number of rotatable bonds is 15. The summed E-state index contributed by atoms with van der Waals surface area (Å²) in [4.78, 5) is 12.9. The van der Waals surface area contributed by atoms with Gasteiger partial charge < -0.3 is 19.9 Å². The van der Waals surface area contributed by atoms with Gasteiger partial charge in [0.2, 0.25) is 5.91 Å². The van der Waals surface area contributed by atoms with Gasteiger partial charge in [-0.25, -0.2) is 5.43 Å². The maximum absolute atomic E-state index is 12.9. The Morgan fingerprint density at radius 1 is 0.829 bits per heavy atom. The molecule has 3 aromatic rings. The second kappa shape index (κ2) is 15.0. The first-order valence-electron chi connectivity index (χ1n) is 14.0. The Bertz CT molecular complexity index is 1240. The summed E-state index contributed by atoms with van der Waals surface area (Å²) < 4.78 is 10.9. The van der Waals surface area contributed by atoms with E-state index in [4.69, 9.17) is 14.6 Å². The summed E-state index contributed by atoms with van der Waals surface area (Å²) in [5.74, 6) is 1.46. The lowest BCUT2D eigenvalue weighted by Gasteiger charge is -2.39. The van der Waals surface area contributed by atoms with Crippen molar-refractivity contribution < 1.29 is 19.4 Å². The third-order valence-electron chi connectivity index (χ3n) is 7.21. The molecular formula is C33H40N4O4. The van der Waals surface area contributed by atoms with Gasteiger partial charge in [0.1, 0.15) is 17.0 Å². The minimum atomic E-state index is -0.800. The highest BCUT2D eigenvalue weighted by Crippen LogP contribution is 2.38. The fourth-order valence-corrected chi connectivity index (χ4v) is 4.92. The lowest BCUT2D eigenvalue weighted by molar-refractivity contribution is -0.117. The Morgan fingerprint density at radius 3 is 2.00 bits per heavy atom. The van der Waals surface area contributed by atoms with Crippen LogP contribution in [-0.4, -0.2) is 49.9 Å². The van der Waals surface area contributed by atoms with E-state index in [1.165, 1.54) is 0 Å². The van der Waals surface area contributed by atoms with Gasteiger partial charge in [0.15, 0.2) is 0 Å². The molecule has 4 rings (SSSR count). The first-order valence-corrected chi connectivity index (χ1v) is 14.0. The molecule has 0 fully saturated rings. The Labute approximate surface area is 242 Å². The van der Waals surface area contributed by atoms with Gasteiger partial charge in [0.05, 0.1) is 20.8 Å². The van der Waals surface area contributed by atoms with E-state index in [-0.39, 0.29) is 12.5 Å². The summed E-state index contributed by atoms with van der Waals surface area (Å²) in [6.45, 7) is 1.21. The van der Waals surface area contributed by atoms with E-state index in [0.29, 0.717) is 18.7 Å². The van der Waals surface area contributed by atoms with Crippen LogP contribution in [0.3, 0.4) is 0 Å². The molecule has 216 valence electrons. The third-order valence-corrected chi connectivity index (χ3v) is 7.21. The zero-order valence-electron chi connectivity index (χ0n) is 23.8. The van der Waals surface area contributed by atoms with Gasteiger partial charge in [-0.15, -0.1) is 0 Å². The highest BCUT2D eigenvalue weighted by Gasteiger charge is 2.37. The number of hydrazine groups is 2. The molecule has 1 aliphatic heterocycles. The van der Waals surface area contributed by atoms with E-state index >= 15 is 0 Å². The van der Waals surface area contributed by atoms with Crippen molar-refractivity contribution in [2.24, 2.45) is 0 Å². The van der Waals surface area contributed by atoms with Gasteiger partial charge in [0.25, 0.3) is 0 Å². The topological polar surface area (TPSA) is 95.1 Å². The predicted octanol–water partition coefficient (Wildman–Crippen LogP) is 4.43. The van der Waals surface area contributed by atoms with Gasteiger partial charge in [-0.2, -0.15) is 5.53 Å². The number of benzene rings is 3. The molecule has 0 saturated heterocycles. The molecule has 0 spiro atoms. The number of aliphatic hydroxyl groups is 1. The van der Waals surface area contributed by atoms with Crippen LogP contribution in [0.25, 0.3) is 0 Å². The third kappa shape index (κ3) is 7.55. The SMILES string of the molecule is COc1ccc(C(NNN2C=CC=C(C(=O)NCCCCCCO)C2)(c2ccccc2)c2ccc(OC)cc2)cc1. The highest BCUT2D eigenvalue weighted by atomic mass is 16.5. The van der Waals surface area contributed by atoms with Crippen LogP contribution in [0.15, 0.2) is 103 Å². The molecule has 0 bridgehead atoms. The average Bonchev–Trinajstić information content (AvgIpc) is 3.04. The molecule has 0 unspecified atom stereocenters. The van der Waals surface area contributed by atoms with Crippen molar-refractivity contribution in [2.45, 2.75) is 31.2 Å². The Hall–Kier alpha value is -4.11. The maximum atomic E-state index is 12.9. The number of allylic oxidation sites excluding steroid dienone is 2. The molecule has 8 nitrogen and oxygen atoms in total. The van der Waals surface area contributed by atoms with Crippen LogP contribution in [0.1, 0.15) is 42.4 Å². The molecular weight excluding hydrogens is 516 g/mol. The summed E-state index contributed by atoms with van der Waals surface area (Å²) in [7, 11) is 3.31. The maximum Gasteiger partial charge on any atom is 0.249 e. The quantitative estimate of drug-likeness (QED) is 0.125. The second-order valence-electron chi connectivity index (χ2n) is 9.86. The minimum Gasteiger partial charge on any atom is -0.497 e. The number of nitrogens with one attached hydrogen (secondary N) is 3. The highest BCUT2D eigenvalue weighted by molar-refractivity contribution is 5.94. The molecule has 0 aliphatic carbocycles. The van der Waals surface area contributed by atoms with Crippen LogP contribution in [0.4, 0.5) is 0 Å². The largest absolute Gasteiger partial charge is 0.497 e. The van der Waals surface area contributed by atoms with Crippen LogP contribution in [-0.2, 0) is 10.3 Å². The number of carbonyl (C=O) groups is 1. The van der Waals surface area contributed by atoms with Crippen molar-refractivity contribution in [1.29, 1.82) is 0 Å². The van der Waals surface area contributed by atoms with E-state index in [9.17, 15) is 4.79 Å². The van der Waals surface area contributed by atoms with Crippen molar-refractivity contribution in [3.63, 3.8) is 0 Å². The van der Waals surface area contributed by atoms with E-state index in [2.05, 4.69) is 52.7 Å². The zero-order chi connectivity index (χ0) is 28.9. The number of unbranched alkanes of at least 4 members (excludes halogenated alkanes) is 3. The Morgan fingerprint density at radius 2 is 1.41 bits per heavy atom. The van der Waals surface area contributed by atoms with Gasteiger partial charge in [-0.3, -0.25) is 9.80 Å². The smallest absolute Gasteiger partial charge is 0.249 e. The fraction of sp³-hybridized carbons (Fsp3) is 0.303. The zero-order valence-corrected chi connectivity index (χ0v) is 23.8. The lowest BCUT2D eigenvalue weighted by atomic mass is 9.77. The second-order valence-corrected chi connectivity index (χ2v) is 9.86. The van der Waals surface area contributed by atoms with Crippen molar-refractivity contribution in [3.8, 4) is 11.5 Å². The molecule has 0 saturated carbocycles. The summed E-state index contributed by atoms with van der Waals surface area (Å²) >= 11 is 0. The van der Waals surface area contributed by atoms with Crippen molar-refractivity contribution in [3.05, 3.63) is 119 Å². The fourth-order valence-electron chi connectivity index (χ4n) is 4.92. The molecule has 4 N–H and O–H groups in total. The number of hydrogen-bond acceptors (Lipinski definition) is 7. The summed E-state index contributed by atoms with van der Waals surface area (Å²) in [5, 5.41) is 13.8. The lowest BCUT2D eigenvalue weighted by Crippen LogP contribution is -2.57. The number of amides is 1. The number of hydrogen-bond donors (Lipinski definition) is 4. The molecule has 1 heterocycles.